The first-order valence-corrected chi connectivity index (χ1v) is 10.6. The Morgan fingerprint density at radius 2 is 1.75 bits per heavy atom. The number of halogens is 2. The van der Waals surface area contributed by atoms with E-state index in [1.807, 2.05) is 29.9 Å². The number of nitrogens with one attached hydrogen (secondary N) is 2. The standard InChI is InChI=1S/C17H16Cl2N6O.C4H10.C2H2/c1-25-7-6-20-16(25)13-8-14(24-17(19)23-13)21-10-15(26)22-9-11-2-4-12(18)5-3-11;1-4(2)3;1-2/h2-8H,9-10H2,1H3,(H,22,26)(H,21,23,24);4H,1-3H3;1-2H. The molecule has 2 N–H and O–H groups in total. The average molecular weight is 475 g/mol. The molecule has 2 aromatic heterocycles. The number of hydrogen-bond acceptors (Lipinski definition) is 5. The highest BCUT2D eigenvalue weighted by atomic mass is 35.5. The monoisotopic (exact) mass is 474 g/mol. The molecule has 0 atom stereocenters. The third-order valence-corrected chi connectivity index (χ3v) is 4.00. The first-order valence-electron chi connectivity index (χ1n) is 9.85. The lowest BCUT2D eigenvalue weighted by Crippen LogP contribution is -2.29. The van der Waals surface area contributed by atoms with Crippen LogP contribution in [0.1, 0.15) is 26.3 Å². The van der Waals surface area contributed by atoms with Crippen LogP contribution in [0.3, 0.4) is 0 Å². The number of nitrogens with zero attached hydrogens (tertiary/aromatic N) is 4. The van der Waals surface area contributed by atoms with Gasteiger partial charge in [0, 0.05) is 37.1 Å². The van der Waals surface area contributed by atoms with Gasteiger partial charge in [0.15, 0.2) is 5.82 Å². The van der Waals surface area contributed by atoms with Crippen LogP contribution in [0.4, 0.5) is 5.82 Å². The maximum absolute atomic E-state index is 12.0. The molecule has 0 saturated heterocycles. The van der Waals surface area contributed by atoms with Gasteiger partial charge in [-0.15, -0.1) is 12.8 Å². The van der Waals surface area contributed by atoms with E-state index in [1.165, 1.54) is 0 Å². The summed E-state index contributed by atoms with van der Waals surface area (Å²) in [5, 5.41) is 6.50. The van der Waals surface area contributed by atoms with Crippen LogP contribution in [0, 0.1) is 18.8 Å². The van der Waals surface area contributed by atoms with Crippen molar-refractivity contribution >= 4 is 34.9 Å². The molecule has 0 bridgehead atoms. The summed E-state index contributed by atoms with van der Waals surface area (Å²) in [5.41, 5.74) is 1.53. The molecule has 3 rings (SSSR count). The molecule has 1 amide bonds. The van der Waals surface area contributed by atoms with Gasteiger partial charge < -0.3 is 15.2 Å². The number of aryl methyl sites for hydroxylation is 1. The minimum atomic E-state index is -0.173. The largest absolute Gasteiger partial charge is 0.361 e. The minimum absolute atomic E-state index is 0.0565. The summed E-state index contributed by atoms with van der Waals surface area (Å²) < 4.78 is 1.82. The maximum atomic E-state index is 12.0. The topological polar surface area (TPSA) is 84.7 Å². The fourth-order valence-electron chi connectivity index (χ4n) is 2.27. The highest BCUT2D eigenvalue weighted by Crippen LogP contribution is 2.19. The molecule has 3 aromatic rings. The fourth-order valence-corrected chi connectivity index (χ4v) is 2.58. The Labute approximate surface area is 199 Å². The lowest BCUT2D eigenvalue weighted by atomic mass is 10.2. The normalized spacial score (nSPS) is 9.78. The van der Waals surface area contributed by atoms with Crippen molar-refractivity contribution in [2.24, 2.45) is 13.0 Å². The molecular formula is C23H28Cl2N6O. The summed E-state index contributed by atoms with van der Waals surface area (Å²) in [6.45, 7) is 6.97. The second kappa shape index (κ2) is 14.1. The van der Waals surface area contributed by atoms with Crippen molar-refractivity contribution in [1.82, 2.24) is 24.8 Å². The van der Waals surface area contributed by atoms with Crippen molar-refractivity contribution in [3.8, 4) is 24.4 Å². The number of carbonyl (C=O) groups is 1. The Kier molecular flexibility index (Phi) is 11.9. The highest BCUT2D eigenvalue weighted by molar-refractivity contribution is 6.30. The van der Waals surface area contributed by atoms with Crippen LogP contribution in [-0.4, -0.2) is 32.0 Å². The zero-order valence-corrected chi connectivity index (χ0v) is 20.2. The fraction of sp³-hybridized carbons (Fsp3) is 0.304. The number of aromatic nitrogens is 4. The van der Waals surface area contributed by atoms with E-state index in [-0.39, 0.29) is 17.7 Å². The average Bonchev–Trinajstić information content (AvgIpc) is 3.18. The SMILES string of the molecule is C#C.CC(C)C.Cn1ccnc1-c1cc(NCC(=O)NCc2ccc(Cl)cc2)nc(Cl)n1. The molecule has 170 valence electrons. The highest BCUT2D eigenvalue weighted by Gasteiger charge is 2.10. The molecule has 7 nitrogen and oxygen atoms in total. The van der Waals surface area contributed by atoms with Crippen LogP contribution in [0.15, 0.2) is 42.7 Å². The second-order valence-corrected chi connectivity index (χ2v) is 8.03. The van der Waals surface area contributed by atoms with Gasteiger partial charge in [0.25, 0.3) is 0 Å². The van der Waals surface area contributed by atoms with E-state index in [9.17, 15) is 4.79 Å². The molecule has 0 aliphatic rings. The second-order valence-electron chi connectivity index (χ2n) is 7.26. The first kappa shape index (κ1) is 27.0. The van der Waals surface area contributed by atoms with Gasteiger partial charge in [0.2, 0.25) is 11.2 Å². The van der Waals surface area contributed by atoms with Crippen LogP contribution in [-0.2, 0) is 18.4 Å². The van der Waals surface area contributed by atoms with Crippen LogP contribution in [0.25, 0.3) is 11.5 Å². The number of anilines is 1. The summed E-state index contributed by atoms with van der Waals surface area (Å²) in [7, 11) is 1.86. The van der Waals surface area contributed by atoms with E-state index < -0.39 is 0 Å². The number of carbonyl (C=O) groups excluding carboxylic acids is 1. The van der Waals surface area contributed by atoms with E-state index >= 15 is 0 Å². The van der Waals surface area contributed by atoms with Crippen molar-refractivity contribution in [2.75, 3.05) is 11.9 Å². The van der Waals surface area contributed by atoms with Crippen molar-refractivity contribution in [1.29, 1.82) is 0 Å². The van der Waals surface area contributed by atoms with Gasteiger partial charge in [0.05, 0.1) is 6.54 Å². The summed E-state index contributed by atoms with van der Waals surface area (Å²) in [4.78, 5) is 24.5. The van der Waals surface area contributed by atoms with Gasteiger partial charge >= 0.3 is 0 Å². The third-order valence-electron chi connectivity index (χ3n) is 3.58. The van der Waals surface area contributed by atoms with Crippen LogP contribution < -0.4 is 10.6 Å². The molecule has 9 heteroatoms. The molecule has 0 aliphatic heterocycles. The zero-order chi connectivity index (χ0) is 24.1. The molecule has 0 saturated carbocycles. The Morgan fingerprint density at radius 1 is 1.12 bits per heavy atom. The minimum Gasteiger partial charge on any atom is -0.361 e. The zero-order valence-electron chi connectivity index (χ0n) is 18.6. The van der Waals surface area contributed by atoms with Gasteiger partial charge in [-0.05, 0) is 35.2 Å². The smallest absolute Gasteiger partial charge is 0.239 e. The maximum Gasteiger partial charge on any atom is 0.239 e. The molecule has 1 aromatic carbocycles. The number of amides is 1. The van der Waals surface area contributed by atoms with Crippen LogP contribution >= 0.6 is 23.2 Å². The Bertz CT molecular complexity index is 996. The molecular weight excluding hydrogens is 447 g/mol. The number of terminal acetylenes is 1. The lowest BCUT2D eigenvalue weighted by molar-refractivity contribution is -0.119. The predicted molar refractivity (Wildman–Crippen MR) is 131 cm³/mol. The van der Waals surface area contributed by atoms with Gasteiger partial charge in [-0.1, -0.05) is 44.5 Å². The van der Waals surface area contributed by atoms with Gasteiger partial charge in [-0.3, -0.25) is 4.79 Å². The van der Waals surface area contributed by atoms with E-state index in [4.69, 9.17) is 23.2 Å². The third kappa shape index (κ3) is 9.82. The number of benzene rings is 1. The van der Waals surface area contributed by atoms with Crippen molar-refractivity contribution in [3.63, 3.8) is 0 Å². The lowest BCUT2D eigenvalue weighted by Gasteiger charge is -2.09. The molecule has 0 fully saturated rings. The Morgan fingerprint density at radius 3 is 2.31 bits per heavy atom. The summed E-state index contributed by atoms with van der Waals surface area (Å²) in [6.07, 6.45) is 11.5. The van der Waals surface area contributed by atoms with E-state index in [0.717, 1.165) is 11.5 Å². The van der Waals surface area contributed by atoms with Gasteiger partial charge in [0.1, 0.15) is 11.5 Å². The first-order chi connectivity index (χ1) is 15.2. The van der Waals surface area contributed by atoms with E-state index in [1.54, 1.807) is 24.4 Å². The number of imidazole rings is 1. The number of hydrogen-bond donors (Lipinski definition) is 2. The van der Waals surface area contributed by atoms with Crippen molar-refractivity contribution < 1.29 is 4.79 Å². The van der Waals surface area contributed by atoms with Gasteiger partial charge in [-0.2, -0.15) is 0 Å². The van der Waals surface area contributed by atoms with E-state index in [0.29, 0.717) is 28.9 Å². The molecule has 0 spiro atoms. The van der Waals surface area contributed by atoms with Crippen molar-refractivity contribution in [2.45, 2.75) is 27.3 Å². The Balaban J connectivity index is 0.000000769. The Hall–Kier alpha value is -3.08. The quantitative estimate of drug-likeness (QED) is 0.394. The molecule has 0 unspecified atom stereocenters. The summed E-state index contributed by atoms with van der Waals surface area (Å²) in [6, 6.07) is 8.98. The van der Waals surface area contributed by atoms with Gasteiger partial charge in [-0.25, -0.2) is 15.0 Å². The van der Waals surface area contributed by atoms with Crippen LogP contribution in [0.5, 0.6) is 0 Å². The summed E-state index contributed by atoms with van der Waals surface area (Å²) >= 11 is 11.8. The van der Waals surface area contributed by atoms with Crippen molar-refractivity contribution in [3.05, 3.63) is 58.6 Å². The predicted octanol–water partition coefficient (Wildman–Crippen LogP) is 4.82. The molecule has 32 heavy (non-hydrogen) atoms. The van der Waals surface area contributed by atoms with Crippen LogP contribution in [0.2, 0.25) is 10.3 Å². The molecule has 0 radical (unpaired) electrons. The van der Waals surface area contributed by atoms with E-state index in [2.05, 4.69) is 59.2 Å². The summed E-state index contributed by atoms with van der Waals surface area (Å²) in [5.74, 6) is 1.77. The molecule has 2 heterocycles. The number of rotatable bonds is 6. The molecule has 0 aliphatic carbocycles.